The molecule has 0 aliphatic rings. The Morgan fingerprint density at radius 1 is 1.47 bits per heavy atom. The fourth-order valence-corrected chi connectivity index (χ4v) is 1.59. The van der Waals surface area contributed by atoms with Gasteiger partial charge >= 0.3 is 0 Å². The van der Waals surface area contributed by atoms with Gasteiger partial charge in [-0.2, -0.15) is 5.26 Å². The van der Waals surface area contributed by atoms with Crippen LogP contribution in [0.2, 0.25) is 0 Å². The van der Waals surface area contributed by atoms with Crippen molar-refractivity contribution in [1.29, 1.82) is 5.26 Å². The maximum absolute atomic E-state index is 11.3. The molecule has 0 atom stereocenters. The summed E-state index contributed by atoms with van der Waals surface area (Å²) in [5.74, 6) is -0.384. The van der Waals surface area contributed by atoms with Crippen LogP contribution in [0.1, 0.15) is 17.3 Å². The molecule has 1 N–H and O–H groups in total. The van der Waals surface area contributed by atoms with Crippen LogP contribution in [-0.4, -0.2) is 15.6 Å². The first-order chi connectivity index (χ1) is 7.13. The molecule has 74 valence electrons. The van der Waals surface area contributed by atoms with Gasteiger partial charge in [0.25, 0.3) is 0 Å². The third kappa shape index (κ3) is 1.34. The summed E-state index contributed by atoms with van der Waals surface area (Å²) in [5.41, 5.74) is 1.02. The molecule has 15 heavy (non-hydrogen) atoms. The van der Waals surface area contributed by atoms with E-state index in [1.807, 2.05) is 6.07 Å². The first-order valence-corrected chi connectivity index (χ1v) is 4.39. The number of nitriles is 1. The first-order valence-electron chi connectivity index (χ1n) is 4.39. The minimum atomic E-state index is -0.280. The molecule has 2 aromatic rings. The van der Waals surface area contributed by atoms with Crippen molar-refractivity contribution in [3.8, 4) is 11.9 Å². The van der Waals surface area contributed by atoms with Crippen LogP contribution in [0.15, 0.2) is 24.3 Å². The second-order valence-electron chi connectivity index (χ2n) is 3.24. The number of hydrogen-bond donors (Lipinski definition) is 1. The summed E-state index contributed by atoms with van der Waals surface area (Å²) in [6.45, 7) is 1.36. The molecule has 0 spiro atoms. The summed E-state index contributed by atoms with van der Waals surface area (Å²) >= 11 is 0. The molecule has 0 saturated heterocycles. The van der Waals surface area contributed by atoms with Crippen molar-refractivity contribution >= 4 is 16.8 Å². The Labute approximate surface area is 86.0 Å². The molecule has 4 nitrogen and oxygen atoms in total. The highest BCUT2D eigenvalue weighted by Crippen LogP contribution is 2.25. The molecule has 0 bridgehead atoms. The van der Waals surface area contributed by atoms with Gasteiger partial charge in [-0.25, -0.2) is 0 Å². The molecule has 0 fully saturated rings. The van der Waals surface area contributed by atoms with E-state index in [4.69, 9.17) is 5.26 Å². The second kappa shape index (κ2) is 3.14. The highest BCUT2D eigenvalue weighted by Gasteiger charge is 2.11. The lowest BCUT2D eigenvalue weighted by Gasteiger charge is -2.00. The third-order valence-electron chi connectivity index (χ3n) is 2.23. The van der Waals surface area contributed by atoms with Crippen LogP contribution in [0.3, 0.4) is 0 Å². The van der Waals surface area contributed by atoms with Crippen molar-refractivity contribution in [3.05, 3.63) is 29.8 Å². The molecule has 4 heteroatoms. The molecule has 0 aliphatic heterocycles. The Kier molecular flexibility index (Phi) is 1.94. The number of carbonyl (C=O) groups excluding carboxylic acids is 1. The van der Waals surface area contributed by atoms with E-state index < -0.39 is 0 Å². The predicted molar refractivity (Wildman–Crippen MR) is 54.6 cm³/mol. The van der Waals surface area contributed by atoms with Crippen molar-refractivity contribution in [3.63, 3.8) is 0 Å². The summed E-state index contributed by atoms with van der Waals surface area (Å²) < 4.78 is 1.18. The minimum absolute atomic E-state index is 0.104. The first kappa shape index (κ1) is 9.28. The summed E-state index contributed by atoms with van der Waals surface area (Å²) in [4.78, 5) is 11.3. The summed E-state index contributed by atoms with van der Waals surface area (Å²) in [7, 11) is 0. The van der Waals surface area contributed by atoms with Crippen LogP contribution in [0.4, 0.5) is 0 Å². The van der Waals surface area contributed by atoms with Gasteiger partial charge < -0.3 is 5.11 Å². The lowest BCUT2D eigenvalue weighted by Crippen LogP contribution is -2.03. The van der Waals surface area contributed by atoms with E-state index in [-0.39, 0.29) is 11.8 Å². The highest BCUT2D eigenvalue weighted by molar-refractivity contribution is 5.94. The van der Waals surface area contributed by atoms with Crippen molar-refractivity contribution in [2.24, 2.45) is 0 Å². The zero-order chi connectivity index (χ0) is 11.0. The zero-order valence-electron chi connectivity index (χ0n) is 8.06. The number of carbonyl (C=O) groups is 1. The van der Waals surface area contributed by atoms with Crippen LogP contribution in [0, 0.1) is 11.3 Å². The molecule has 1 aromatic carbocycles. The average molecular weight is 200 g/mol. The highest BCUT2D eigenvalue weighted by atomic mass is 16.3. The third-order valence-corrected chi connectivity index (χ3v) is 2.23. The Balaban J connectivity index is 2.85. The molecular weight excluding hydrogens is 192 g/mol. The van der Waals surface area contributed by atoms with Gasteiger partial charge in [-0.05, 0) is 12.1 Å². The fourth-order valence-electron chi connectivity index (χ4n) is 1.59. The van der Waals surface area contributed by atoms with Crippen LogP contribution in [-0.2, 0) is 0 Å². The van der Waals surface area contributed by atoms with Crippen molar-refractivity contribution < 1.29 is 9.90 Å². The summed E-state index contributed by atoms with van der Waals surface area (Å²) in [6.07, 6.45) is 0. The molecule has 0 radical (unpaired) electrons. The van der Waals surface area contributed by atoms with E-state index in [1.54, 1.807) is 18.2 Å². The number of benzene rings is 1. The van der Waals surface area contributed by atoms with Crippen molar-refractivity contribution in [1.82, 2.24) is 4.57 Å². The van der Waals surface area contributed by atoms with Crippen molar-refractivity contribution in [2.45, 2.75) is 6.92 Å². The number of aromatic nitrogens is 1. The van der Waals surface area contributed by atoms with Gasteiger partial charge in [0, 0.05) is 18.4 Å². The van der Waals surface area contributed by atoms with Crippen LogP contribution >= 0.6 is 0 Å². The van der Waals surface area contributed by atoms with Gasteiger partial charge in [-0.15, -0.1) is 0 Å². The van der Waals surface area contributed by atoms with Gasteiger partial charge in [-0.3, -0.25) is 9.36 Å². The van der Waals surface area contributed by atoms with Gasteiger partial charge in [0.15, 0.2) is 5.88 Å². The standard InChI is InChI=1S/C11H8N2O2/c1-7(14)13-10-4-8(6-12)2-3-9(10)5-11(13)15/h2-5,15H,1H3. The summed E-state index contributed by atoms with van der Waals surface area (Å²) in [6, 6.07) is 8.41. The van der Waals surface area contributed by atoms with Gasteiger partial charge in [0.1, 0.15) is 0 Å². The summed E-state index contributed by atoms with van der Waals surface area (Å²) in [5, 5.41) is 19.0. The quantitative estimate of drug-likeness (QED) is 0.706. The average Bonchev–Trinajstić information content (AvgIpc) is 2.52. The van der Waals surface area contributed by atoms with Crippen molar-refractivity contribution in [2.75, 3.05) is 0 Å². The molecule has 2 rings (SSSR count). The Morgan fingerprint density at radius 3 is 2.80 bits per heavy atom. The Hall–Kier alpha value is -2.28. The van der Waals surface area contributed by atoms with Gasteiger partial charge in [0.2, 0.25) is 5.91 Å². The largest absolute Gasteiger partial charge is 0.494 e. The minimum Gasteiger partial charge on any atom is -0.494 e. The van der Waals surface area contributed by atoms with E-state index in [1.165, 1.54) is 17.6 Å². The maximum Gasteiger partial charge on any atom is 0.230 e. The van der Waals surface area contributed by atoms with E-state index in [0.29, 0.717) is 11.1 Å². The lowest BCUT2D eigenvalue weighted by molar-refractivity contribution is 0.0933. The van der Waals surface area contributed by atoms with E-state index in [2.05, 4.69) is 0 Å². The number of rotatable bonds is 0. The van der Waals surface area contributed by atoms with Crippen LogP contribution in [0.25, 0.3) is 10.9 Å². The van der Waals surface area contributed by atoms with Gasteiger partial charge in [0.05, 0.1) is 17.1 Å². The van der Waals surface area contributed by atoms with E-state index >= 15 is 0 Å². The van der Waals surface area contributed by atoms with E-state index in [9.17, 15) is 9.90 Å². The number of fused-ring (bicyclic) bond motifs is 1. The normalized spacial score (nSPS) is 10.1. The van der Waals surface area contributed by atoms with Gasteiger partial charge in [-0.1, -0.05) is 6.07 Å². The van der Waals surface area contributed by atoms with Crippen LogP contribution < -0.4 is 0 Å². The molecule has 1 heterocycles. The predicted octanol–water partition coefficient (Wildman–Crippen LogP) is 1.88. The number of aromatic hydroxyl groups is 1. The zero-order valence-corrected chi connectivity index (χ0v) is 8.06. The Bertz CT molecular complexity index is 590. The second-order valence-corrected chi connectivity index (χ2v) is 3.24. The monoisotopic (exact) mass is 200 g/mol. The molecule has 0 amide bonds. The number of nitrogens with zero attached hydrogens (tertiary/aromatic N) is 2. The SMILES string of the molecule is CC(=O)n1c(O)cc2ccc(C#N)cc21. The molecule has 0 aliphatic carbocycles. The fraction of sp³-hybridized carbons (Fsp3) is 0.0909. The molecule has 0 saturated carbocycles. The molecular formula is C11H8N2O2. The van der Waals surface area contributed by atoms with E-state index in [0.717, 1.165) is 5.39 Å². The van der Waals surface area contributed by atoms with Crippen LogP contribution in [0.5, 0.6) is 5.88 Å². The molecule has 1 aromatic heterocycles. The number of hydrogen-bond acceptors (Lipinski definition) is 3. The smallest absolute Gasteiger partial charge is 0.230 e. The molecule has 0 unspecified atom stereocenters. The Morgan fingerprint density at radius 2 is 2.20 bits per heavy atom. The maximum atomic E-state index is 11.3. The lowest BCUT2D eigenvalue weighted by atomic mass is 10.2. The topological polar surface area (TPSA) is 66.0 Å².